The van der Waals surface area contributed by atoms with Gasteiger partial charge in [0.05, 0.1) is 0 Å². The highest BCUT2D eigenvalue weighted by atomic mass is 35.5. The van der Waals surface area contributed by atoms with E-state index in [-0.39, 0.29) is 0 Å². The molecular weight excluding hydrogens is 380 g/mol. The van der Waals surface area contributed by atoms with Crippen molar-refractivity contribution in [1.82, 2.24) is 0 Å². The molecule has 150 valence electrons. The summed E-state index contributed by atoms with van der Waals surface area (Å²) in [7, 11) is 0. The van der Waals surface area contributed by atoms with Gasteiger partial charge in [0.1, 0.15) is 18.8 Å². The Kier molecular flexibility index (Phi) is 7.29. The van der Waals surface area contributed by atoms with E-state index < -0.39 is 18.3 Å². The van der Waals surface area contributed by atoms with E-state index in [1.54, 1.807) is 12.1 Å². The lowest BCUT2D eigenvalue weighted by Crippen LogP contribution is -2.16. The Balaban J connectivity index is 2.11. The first-order valence-electron chi connectivity index (χ1n) is 8.95. The Morgan fingerprint density at radius 2 is 1.71 bits per heavy atom. The summed E-state index contributed by atoms with van der Waals surface area (Å²) in [5.74, 6) is -1.02. The van der Waals surface area contributed by atoms with E-state index in [9.17, 15) is 9.59 Å². The Hall–Kier alpha value is -2.73. The molecule has 0 heterocycles. The number of benzene rings is 2. The normalized spacial score (nSPS) is 10.6. The Morgan fingerprint density at radius 3 is 2.29 bits per heavy atom. The van der Waals surface area contributed by atoms with Crippen LogP contribution in [0.4, 0.5) is 11.4 Å². The fourth-order valence-corrected chi connectivity index (χ4v) is 3.16. The van der Waals surface area contributed by atoms with Crippen LogP contribution < -0.4 is 15.4 Å². The largest absolute Gasteiger partial charge is 0.488 e. The minimum absolute atomic E-state index is 0.292. The summed E-state index contributed by atoms with van der Waals surface area (Å²) in [5, 5.41) is 15.2. The molecule has 0 saturated carbocycles. The molecule has 7 heteroatoms. The molecule has 0 aliphatic carbocycles. The number of aliphatic carboxylic acids is 1. The predicted octanol–water partition coefficient (Wildman–Crippen LogP) is 4.77. The molecule has 0 bridgehead atoms. The van der Waals surface area contributed by atoms with E-state index in [1.807, 2.05) is 32.0 Å². The zero-order valence-electron chi connectivity index (χ0n) is 16.4. The molecule has 0 spiro atoms. The highest BCUT2D eigenvalue weighted by molar-refractivity contribution is 6.30. The molecule has 28 heavy (non-hydrogen) atoms. The summed E-state index contributed by atoms with van der Waals surface area (Å²) in [6.45, 7) is 8.21. The van der Waals surface area contributed by atoms with Gasteiger partial charge in [-0.15, -0.1) is 0 Å². The van der Waals surface area contributed by atoms with Crippen molar-refractivity contribution < 1.29 is 19.4 Å². The van der Waals surface area contributed by atoms with Gasteiger partial charge >= 0.3 is 5.97 Å². The number of halogens is 1. The molecule has 6 nitrogen and oxygen atoms in total. The minimum atomic E-state index is -1.17. The summed E-state index contributed by atoms with van der Waals surface area (Å²) in [4.78, 5) is 22.3. The van der Waals surface area contributed by atoms with E-state index >= 15 is 0 Å². The number of aryl methyl sites for hydroxylation is 2. The molecule has 0 unspecified atom stereocenters. The van der Waals surface area contributed by atoms with Crippen molar-refractivity contribution in [3.8, 4) is 5.75 Å². The highest BCUT2D eigenvalue weighted by Crippen LogP contribution is 2.29. The predicted molar refractivity (Wildman–Crippen MR) is 111 cm³/mol. The van der Waals surface area contributed by atoms with Gasteiger partial charge in [-0.3, -0.25) is 9.59 Å². The lowest BCUT2D eigenvalue weighted by molar-refractivity contribution is -0.139. The molecular formula is C21H25ClN2O4. The maximum Gasteiger partial charge on any atom is 0.312 e. The van der Waals surface area contributed by atoms with E-state index in [4.69, 9.17) is 21.4 Å². The van der Waals surface area contributed by atoms with Crippen molar-refractivity contribution in [2.24, 2.45) is 0 Å². The Morgan fingerprint density at radius 1 is 1.07 bits per heavy atom. The van der Waals surface area contributed by atoms with Crippen LogP contribution in [0.3, 0.4) is 0 Å². The zero-order valence-corrected chi connectivity index (χ0v) is 17.2. The molecule has 0 aliphatic rings. The summed E-state index contributed by atoms with van der Waals surface area (Å²) < 4.78 is 6.00. The monoisotopic (exact) mass is 404 g/mol. The summed E-state index contributed by atoms with van der Waals surface area (Å²) in [5.41, 5.74) is 4.10. The molecule has 0 aromatic heterocycles. The SMILES string of the molecule is Cc1cc(NC(=O)CC(=O)O)cc(C)c1OCc1cc(Cl)cc(NC(C)C)c1. The van der Waals surface area contributed by atoms with E-state index in [0.29, 0.717) is 23.4 Å². The number of ether oxygens (including phenoxy) is 1. The first-order valence-corrected chi connectivity index (χ1v) is 9.33. The van der Waals surface area contributed by atoms with Crippen molar-refractivity contribution in [2.45, 2.75) is 46.8 Å². The Bertz CT molecular complexity index is 858. The molecule has 2 rings (SSSR count). The van der Waals surface area contributed by atoms with Gasteiger partial charge in [-0.05, 0) is 74.7 Å². The standard InChI is InChI=1S/C21H25ClN2O4/c1-12(2)23-18-8-15(7-16(22)9-18)11-28-21-13(3)5-17(6-14(21)4)24-19(25)10-20(26)27/h5-9,12,23H,10-11H2,1-4H3,(H,24,25)(H,26,27). The van der Waals surface area contributed by atoms with Gasteiger partial charge in [-0.25, -0.2) is 0 Å². The number of hydrogen-bond donors (Lipinski definition) is 3. The zero-order chi connectivity index (χ0) is 20.8. The second-order valence-electron chi connectivity index (χ2n) is 6.99. The van der Waals surface area contributed by atoms with Crippen LogP contribution in [0.25, 0.3) is 0 Å². The van der Waals surface area contributed by atoms with Crippen molar-refractivity contribution in [1.29, 1.82) is 0 Å². The van der Waals surface area contributed by atoms with Gasteiger partial charge in [0.25, 0.3) is 0 Å². The number of rotatable bonds is 8. The van der Waals surface area contributed by atoms with Crippen molar-refractivity contribution in [3.05, 3.63) is 52.0 Å². The van der Waals surface area contributed by atoms with Crippen molar-refractivity contribution >= 4 is 34.9 Å². The molecule has 2 aromatic carbocycles. The fraction of sp³-hybridized carbons (Fsp3) is 0.333. The first kappa shape index (κ1) is 21.6. The van der Waals surface area contributed by atoms with Crippen molar-refractivity contribution in [2.75, 3.05) is 10.6 Å². The van der Waals surface area contributed by atoms with Crippen LogP contribution in [0.1, 0.15) is 37.0 Å². The molecule has 0 aliphatic heterocycles. The fourth-order valence-electron chi connectivity index (χ4n) is 2.90. The van der Waals surface area contributed by atoms with Gasteiger partial charge in [0, 0.05) is 22.4 Å². The quantitative estimate of drug-likeness (QED) is 0.551. The highest BCUT2D eigenvalue weighted by Gasteiger charge is 2.12. The lowest BCUT2D eigenvalue weighted by Gasteiger charge is -2.16. The molecule has 3 N–H and O–H groups in total. The van der Waals surface area contributed by atoms with Gasteiger partial charge in [-0.1, -0.05) is 11.6 Å². The van der Waals surface area contributed by atoms with E-state index in [0.717, 1.165) is 28.1 Å². The summed E-state index contributed by atoms with van der Waals surface area (Å²) in [6.07, 6.45) is -0.572. The molecule has 0 saturated heterocycles. The van der Waals surface area contributed by atoms with E-state index in [2.05, 4.69) is 24.5 Å². The molecule has 0 atom stereocenters. The smallest absolute Gasteiger partial charge is 0.312 e. The molecule has 0 fully saturated rings. The van der Waals surface area contributed by atoms with Crippen LogP contribution in [0.5, 0.6) is 5.75 Å². The maximum absolute atomic E-state index is 11.6. The van der Waals surface area contributed by atoms with Gasteiger partial charge in [0.2, 0.25) is 5.91 Å². The van der Waals surface area contributed by atoms with Crippen LogP contribution in [0, 0.1) is 13.8 Å². The van der Waals surface area contributed by atoms with Crippen molar-refractivity contribution in [3.63, 3.8) is 0 Å². The number of hydrogen-bond acceptors (Lipinski definition) is 4. The van der Waals surface area contributed by atoms with E-state index in [1.165, 1.54) is 0 Å². The third-order valence-electron chi connectivity index (χ3n) is 3.85. The average molecular weight is 405 g/mol. The number of carbonyl (C=O) groups excluding carboxylic acids is 1. The lowest BCUT2D eigenvalue weighted by atomic mass is 10.1. The van der Waals surface area contributed by atoms with Gasteiger partial charge in [0.15, 0.2) is 0 Å². The van der Waals surface area contributed by atoms with Gasteiger partial charge in [-0.2, -0.15) is 0 Å². The summed E-state index contributed by atoms with van der Waals surface area (Å²) in [6, 6.07) is 9.53. The average Bonchev–Trinajstić information content (AvgIpc) is 2.51. The number of carboxylic acids is 1. The number of carbonyl (C=O) groups is 2. The second-order valence-corrected chi connectivity index (χ2v) is 7.43. The van der Waals surface area contributed by atoms with Crippen LogP contribution in [-0.4, -0.2) is 23.0 Å². The van der Waals surface area contributed by atoms with Crippen LogP contribution >= 0.6 is 11.6 Å². The van der Waals surface area contributed by atoms with Crippen LogP contribution in [0.15, 0.2) is 30.3 Å². The number of carboxylic acid groups (broad SMARTS) is 1. The van der Waals surface area contributed by atoms with Crippen LogP contribution in [-0.2, 0) is 16.2 Å². The summed E-state index contributed by atoms with van der Waals surface area (Å²) >= 11 is 6.21. The Labute approximate surface area is 169 Å². The number of nitrogens with one attached hydrogen (secondary N) is 2. The topological polar surface area (TPSA) is 87.7 Å². The number of amides is 1. The molecule has 0 radical (unpaired) electrons. The van der Waals surface area contributed by atoms with Gasteiger partial charge < -0.3 is 20.5 Å². The first-order chi connectivity index (χ1) is 13.1. The molecule has 2 aromatic rings. The maximum atomic E-state index is 11.6. The minimum Gasteiger partial charge on any atom is -0.488 e. The third-order valence-corrected chi connectivity index (χ3v) is 4.07. The second kappa shape index (κ2) is 9.46. The molecule has 1 amide bonds. The van der Waals surface area contributed by atoms with Crippen LogP contribution in [0.2, 0.25) is 5.02 Å². The third kappa shape index (κ3) is 6.46. The number of anilines is 2.